The lowest BCUT2D eigenvalue weighted by Crippen LogP contribution is -1.97. The van der Waals surface area contributed by atoms with Gasteiger partial charge in [-0.25, -0.2) is 4.79 Å². The average molecular weight is 220 g/mol. The van der Waals surface area contributed by atoms with Crippen LogP contribution in [-0.4, -0.2) is 26.4 Å². The highest BCUT2D eigenvalue weighted by Gasteiger charge is 2.13. The van der Waals surface area contributed by atoms with Crippen molar-refractivity contribution in [3.05, 3.63) is 29.8 Å². The summed E-state index contributed by atoms with van der Waals surface area (Å²) in [5, 5.41) is 37.4. The molecule has 0 amide bonds. The summed E-state index contributed by atoms with van der Waals surface area (Å²) in [4.78, 5) is 10.9. The number of rotatable bonds is 1. The fourth-order valence-corrected chi connectivity index (χ4v) is 1.59. The Balaban J connectivity index is 2.95. The zero-order valence-electron chi connectivity index (χ0n) is 8.01. The third-order valence-corrected chi connectivity index (χ3v) is 2.25. The topological polar surface area (TPSA) is 98.0 Å². The molecule has 82 valence electrons. The normalized spacial score (nSPS) is 10.5. The van der Waals surface area contributed by atoms with Crippen LogP contribution in [0.5, 0.6) is 17.2 Å². The largest absolute Gasteiger partial charge is 0.508 e. The van der Waals surface area contributed by atoms with E-state index < -0.39 is 5.97 Å². The molecule has 0 aliphatic carbocycles. The van der Waals surface area contributed by atoms with Gasteiger partial charge in [-0.2, -0.15) is 0 Å². The van der Waals surface area contributed by atoms with Crippen molar-refractivity contribution in [3.63, 3.8) is 0 Å². The minimum atomic E-state index is -1.24. The Morgan fingerprint density at radius 2 is 1.44 bits per heavy atom. The van der Waals surface area contributed by atoms with Crippen molar-refractivity contribution in [1.82, 2.24) is 0 Å². The van der Waals surface area contributed by atoms with Crippen LogP contribution < -0.4 is 0 Å². The van der Waals surface area contributed by atoms with Gasteiger partial charge in [-0.1, -0.05) is 0 Å². The number of aromatic carboxylic acids is 1. The van der Waals surface area contributed by atoms with Crippen LogP contribution in [0, 0.1) is 0 Å². The van der Waals surface area contributed by atoms with Gasteiger partial charge < -0.3 is 20.4 Å². The lowest BCUT2D eigenvalue weighted by molar-refractivity contribution is 0.0698. The summed E-state index contributed by atoms with van der Waals surface area (Å²) in [6, 6.07) is 4.59. The summed E-state index contributed by atoms with van der Waals surface area (Å²) >= 11 is 0. The van der Waals surface area contributed by atoms with E-state index in [-0.39, 0.29) is 33.6 Å². The van der Waals surface area contributed by atoms with Crippen molar-refractivity contribution < 1.29 is 25.2 Å². The summed E-state index contributed by atoms with van der Waals surface area (Å²) in [5.41, 5.74) is -0.179. The van der Waals surface area contributed by atoms with Gasteiger partial charge in [0.15, 0.2) is 0 Å². The van der Waals surface area contributed by atoms with Crippen molar-refractivity contribution in [1.29, 1.82) is 0 Å². The molecule has 5 heteroatoms. The van der Waals surface area contributed by atoms with Crippen LogP contribution >= 0.6 is 0 Å². The fraction of sp³-hybridized carbons (Fsp3) is 0. The van der Waals surface area contributed by atoms with E-state index in [1.807, 2.05) is 0 Å². The third-order valence-electron chi connectivity index (χ3n) is 2.25. The van der Waals surface area contributed by atoms with Gasteiger partial charge in [0.2, 0.25) is 0 Å². The summed E-state index contributed by atoms with van der Waals surface area (Å²) in [6.07, 6.45) is 0. The van der Waals surface area contributed by atoms with Crippen molar-refractivity contribution in [2.24, 2.45) is 0 Å². The molecule has 0 bridgehead atoms. The van der Waals surface area contributed by atoms with Crippen molar-refractivity contribution in [3.8, 4) is 17.2 Å². The monoisotopic (exact) mass is 220 g/mol. The second-order valence-corrected chi connectivity index (χ2v) is 3.36. The van der Waals surface area contributed by atoms with Gasteiger partial charge in [-0.3, -0.25) is 0 Å². The molecule has 2 aromatic carbocycles. The van der Waals surface area contributed by atoms with E-state index in [0.717, 1.165) is 12.1 Å². The Kier molecular flexibility index (Phi) is 2.09. The lowest BCUT2D eigenvalue weighted by atomic mass is 10.0. The van der Waals surface area contributed by atoms with Gasteiger partial charge in [0, 0.05) is 16.8 Å². The standard InChI is InChI=1S/C11H8O5/c12-5-2-8-7(9(3-5)11(15)16)1-6(13)4-10(8)14/h1-4,12-14H,(H,15,16). The number of carbonyl (C=O) groups is 1. The van der Waals surface area contributed by atoms with E-state index in [2.05, 4.69) is 0 Å². The molecular formula is C11H8O5. The van der Waals surface area contributed by atoms with Gasteiger partial charge in [0.1, 0.15) is 17.2 Å². The summed E-state index contributed by atoms with van der Waals surface area (Å²) in [6.45, 7) is 0. The highest BCUT2D eigenvalue weighted by molar-refractivity contribution is 6.06. The van der Waals surface area contributed by atoms with Gasteiger partial charge in [0.05, 0.1) is 5.56 Å². The van der Waals surface area contributed by atoms with Gasteiger partial charge in [0.25, 0.3) is 0 Å². The second kappa shape index (κ2) is 3.30. The van der Waals surface area contributed by atoms with E-state index in [0.29, 0.717) is 0 Å². The Hall–Kier alpha value is -2.43. The number of hydrogen-bond acceptors (Lipinski definition) is 4. The number of fused-ring (bicyclic) bond motifs is 1. The Morgan fingerprint density at radius 3 is 2.06 bits per heavy atom. The number of hydrogen-bond donors (Lipinski definition) is 4. The predicted molar refractivity (Wildman–Crippen MR) is 55.9 cm³/mol. The fourth-order valence-electron chi connectivity index (χ4n) is 1.59. The van der Waals surface area contributed by atoms with Crippen LogP contribution in [0.15, 0.2) is 24.3 Å². The molecule has 0 aromatic heterocycles. The molecule has 0 saturated heterocycles. The van der Waals surface area contributed by atoms with Crippen molar-refractivity contribution >= 4 is 16.7 Å². The first-order valence-corrected chi connectivity index (χ1v) is 4.41. The minimum absolute atomic E-state index is 0.169. The number of phenolic OH excluding ortho intramolecular Hbond substituents is 3. The SMILES string of the molecule is O=C(O)c1cc(O)cc2c(O)cc(O)cc12. The van der Waals surface area contributed by atoms with Crippen LogP contribution in [-0.2, 0) is 0 Å². The maximum absolute atomic E-state index is 10.9. The summed E-state index contributed by atoms with van der Waals surface area (Å²) in [5.74, 6) is -2.02. The van der Waals surface area contributed by atoms with Gasteiger partial charge >= 0.3 is 5.97 Å². The average Bonchev–Trinajstić information content (AvgIpc) is 2.18. The highest BCUT2D eigenvalue weighted by Crippen LogP contribution is 2.34. The van der Waals surface area contributed by atoms with E-state index >= 15 is 0 Å². The van der Waals surface area contributed by atoms with Crippen LogP contribution in [0.3, 0.4) is 0 Å². The molecule has 0 aliphatic heterocycles. The van der Waals surface area contributed by atoms with E-state index in [9.17, 15) is 20.1 Å². The molecular weight excluding hydrogens is 212 g/mol. The molecule has 0 atom stereocenters. The molecule has 2 rings (SSSR count). The minimum Gasteiger partial charge on any atom is -0.508 e. The van der Waals surface area contributed by atoms with Crippen LogP contribution in [0.4, 0.5) is 0 Å². The first-order valence-electron chi connectivity index (χ1n) is 4.41. The maximum atomic E-state index is 10.9. The van der Waals surface area contributed by atoms with Crippen LogP contribution in [0.2, 0.25) is 0 Å². The number of carboxylic acid groups (broad SMARTS) is 1. The molecule has 0 saturated carbocycles. The van der Waals surface area contributed by atoms with Gasteiger partial charge in [-0.05, 0) is 18.2 Å². The van der Waals surface area contributed by atoms with Crippen molar-refractivity contribution in [2.45, 2.75) is 0 Å². The van der Waals surface area contributed by atoms with Gasteiger partial charge in [-0.15, -0.1) is 0 Å². The molecule has 0 unspecified atom stereocenters. The molecule has 5 nitrogen and oxygen atoms in total. The second-order valence-electron chi connectivity index (χ2n) is 3.36. The Morgan fingerprint density at radius 1 is 0.875 bits per heavy atom. The first kappa shape index (κ1) is 10.1. The third kappa shape index (κ3) is 1.48. The number of phenols is 3. The van der Waals surface area contributed by atoms with E-state index in [1.165, 1.54) is 12.1 Å². The first-order chi connectivity index (χ1) is 7.49. The number of carboxylic acids is 1. The molecule has 2 aromatic rings. The Bertz CT molecular complexity index is 588. The van der Waals surface area contributed by atoms with Crippen LogP contribution in [0.25, 0.3) is 10.8 Å². The Labute approximate surface area is 89.8 Å². The highest BCUT2D eigenvalue weighted by atomic mass is 16.4. The van der Waals surface area contributed by atoms with E-state index in [4.69, 9.17) is 5.11 Å². The zero-order valence-corrected chi connectivity index (χ0v) is 8.01. The zero-order chi connectivity index (χ0) is 11.9. The molecule has 0 radical (unpaired) electrons. The van der Waals surface area contributed by atoms with E-state index in [1.54, 1.807) is 0 Å². The summed E-state index contributed by atoms with van der Waals surface area (Å²) < 4.78 is 0. The molecule has 0 spiro atoms. The predicted octanol–water partition coefficient (Wildman–Crippen LogP) is 1.65. The number of benzene rings is 2. The lowest BCUT2D eigenvalue weighted by Gasteiger charge is -2.06. The molecule has 0 fully saturated rings. The molecule has 16 heavy (non-hydrogen) atoms. The smallest absolute Gasteiger partial charge is 0.336 e. The number of aromatic hydroxyl groups is 3. The molecule has 4 N–H and O–H groups in total. The molecule has 0 aliphatic rings. The maximum Gasteiger partial charge on any atom is 0.336 e. The van der Waals surface area contributed by atoms with Crippen molar-refractivity contribution in [2.75, 3.05) is 0 Å². The molecule has 0 heterocycles. The quantitative estimate of drug-likeness (QED) is 0.585. The van der Waals surface area contributed by atoms with Crippen LogP contribution in [0.1, 0.15) is 10.4 Å². The summed E-state index contributed by atoms with van der Waals surface area (Å²) in [7, 11) is 0.